The Labute approximate surface area is 236 Å². The lowest BCUT2D eigenvalue weighted by atomic mass is 9.60. The Kier molecular flexibility index (Phi) is 7.32. The summed E-state index contributed by atoms with van der Waals surface area (Å²) in [5, 5.41) is 9.35. The number of hydrogen-bond donors (Lipinski definition) is 1. The number of aliphatic carboxylic acids is 1. The lowest BCUT2D eigenvalue weighted by molar-refractivity contribution is -0.153. The van der Waals surface area contributed by atoms with Crippen molar-refractivity contribution in [3.63, 3.8) is 0 Å². The number of halogens is 6. The standard InChI is InChI=1S/C28H23F6NO6S/c1-27(12-17(13-27)25(36)37)24-14-35(42(38,39)21-4-2-3-18(10-21)28(32,33)34)22-9-15(5-6-23(22)41-24)16-7-19(29)11-20(8-16)40-26(30)31/h2-11,17,24,26H,12-14H2,1H3,(H,36,37). The van der Waals surface area contributed by atoms with E-state index in [1.165, 1.54) is 18.2 Å². The number of alkyl halides is 5. The van der Waals surface area contributed by atoms with Crippen LogP contribution in [-0.2, 0) is 21.0 Å². The third-order valence-electron chi connectivity index (χ3n) is 7.56. The molecule has 1 aliphatic heterocycles. The van der Waals surface area contributed by atoms with Gasteiger partial charge in [0.05, 0.1) is 28.6 Å². The Morgan fingerprint density at radius 1 is 1.07 bits per heavy atom. The monoisotopic (exact) mass is 615 g/mol. The van der Waals surface area contributed by atoms with E-state index in [-0.39, 0.29) is 42.0 Å². The van der Waals surface area contributed by atoms with Gasteiger partial charge < -0.3 is 14.6 Å². The van der Waals surface area contributed by atoms with Crippen LogP contribution in [0.4, 0.5) is 32.0 Å². The minimum atomic E-state index is -4.81. The highest BCUT2D eigenvalue weighted by Gasteiger charge is 2.53. The Bertz CT molecular complexity index is 1640. The van der Waals surface area contributed by atoms with Gasteiger partial charge >= 0.3 is 18.8 Å². The Hall–Kier alpha value is -3.94. The van der Waals surface area contributed by atoms with Crippen molar-refractivity contribution < 1.29 is 54.1 Å². The predicted octanol–water partition coefficient (Wildman–Crippen LogP) is 6.57. The average Bonchev–Trinajstić information content (AvgIpc) is 2.89. The van der Waals surface area contributed by atoms with Gasteiger partial charge in [0.2, 0.25) is 0 Å². The molecule has 3 aromatic rings. The molecule has 0 spiro atoms. The largest absolute Gasteiger partial charge is 0.486 e. The number of carbonyl (C=O) groups is 1. The summed E-state index contributed by atoms with van der Waals surface area (Å²) in [5.41, 5.74) is -1.78. The molecule has 1 N–H and O–H groups in total. The van der Waals surface area contributed by atoms with Crippen molar-refractivity contribution in [3.05, 3.63) is 72.0 Å². The first-order valence-electron chi connectivity index (χ1n) is 12.6. The normalized spacial score (nSPS) is 22.2. The number of benzene rings is 3. The molecule has 7 nitrogen and oxygen atoms in total. The van der Waals surface area contributed by atoms with Gasteiger partial charge in [0, 0.05) is 11.5 Å². The summed E-state index contributed by atoms with van der Waals surface area (Å²) in [4.78, 5) is 10.8. The van der Waals surface area contributed by atoms with Crippen LogP contribution in [-0.4, -0.2) is 38.8 Å². The van der Waals surface area contributed by atoms with E-state index < -0.39 is 68.2 Å². The van der Waals surface area contributed by atoms with Gasteiger partial charge in [0.1, 0.15) is 23.4 Å². The third kappa shape index (κ3) is 5.59. The van der Waals surface area contributed by atoms with Crippen LogP contribution in [0.3, 0.4) is 0 Å². The van der Waals surface area contributed by atoms with Gasteiger partial charge in [0.25, 0.3) is 10.0 Å². The van der Waals surface area contributed by atoms with Crippen molar-refractivity contribution in [1.29, 1.82) is 0 Å². The lowest BCUT2D eigenvalue weighted by Gasteiger charge is -2.51. The van der Waals surface area contributed by atoms with Crippen molar-refractivity contribution in [2.24, 2.45) is 11.3 Å². The first-order chi connectivity index (χ1) is 19.6. The maximum Gasteiger partial charge on any atom is 0.416 e. The summed E-state index contributed by atoms with van der Waals surface area (Å²) in [7, 11) is -4.66. The van der Waals surface area contributed by atoms with E-state index in [9.17, 15) is 44.7 Å². The molecule has 2 aliphatic rings. The summed E-state index contributed by atoms with van der Waals surface area (Å²) >= 11 is 0. The SMILES string of the molecule is CC1(C2CN(S(=O)(=O)c3cccc(C(F)(F)F)c3)c3cc(-c4cc(F)cc(OC(F)F)c4)ccc3O2)CC(C(=O)O)C1. The molecule has 0 radical (unpaired) electrons. The molecule has 1 saturated carbocycles. The van der Waals surface area contributed by atoms with Gasteiger partial charge in [-0.2, -0.15) is 22.0 Å². The number of ether oxygens (including phenoxy) is 2. The zero-order valence-electron chi connectivity index (χ0n) is 21.7. The molecule has 5 rings (SSSR count). The number of hydrogen-bond acceptors (Lipinski definition) is 5. The maximum absolute atomic E-state index is 14.3. The van der Waals surface area contributed by atoms with Crippen molar-refractivity contribution >= 4 is 21.7 Å². The third-order valence-corrected chi connectivity index (χ3v) is 9.34. The Morgan fingerprint density at radius 3 is 2.43 bits per heavy atom. The number of rotatable bonds is 7. The van der Waals surface area contributed by atoms with E-state index in [0.717, 1.165) is 40.7 Å². The highest BCUT2D eigenvalue weighted by Crippen LogP contribution is 2.52. The molecule has 1 unspecified atom stereocenters. The minimum absolute atomic E-state index is 0.0333. The molecule has 0 bridgehead atoms. The van der Waals surface area contributed by atoms with Crippen LogP contribution >= 0.6 is 0 Å². The summed E-state index contributed by atoms with van der Waals surface area (Å²) < 4.78 is 119. The highest BCUT2D eigenvalue weighted by atomic mass is 32.2. The molecule has 1 fully saturated rings. The first-order valence-corrected chi connectivity index (χ1v) is 14.0. The second kappa shape index (κ2) is 10.4. The van der Waals surface area contributed by atoms with Crippen molar-refractivity contribution in [2.75, 3.05) is 10.8 Å². The molecule has 1 aliphatic carbocycles. The van der Waals surface area contributed by atoms with Crippen LogP contribution < -0.4 is 13.8 Å². The number of carboxylic acid groups (broad SMARTS) is 1. The number of fused-ring (bicyclic) bond motifs is 1. The van der Waals surface area contributed by atoms with E-state index >= 15 is 0 Å². The number of nitrogens with zero attached hydrogens (tertiary/aromatic N) is 1. The number of anilines is 1. The molecule has 0 aromatic heterocycles. The van der Waals surface area contributed by atoms with Crippen LogP contribution in [0.1, 0.15) is 25.3 Å². The van der Waals surface area contributed by atoms with Crippen LogP contribution in [0.25, 0.3) is 11.1 Å². The van der Waals surface area contributed by atoms with Gasteiger partial charge in [-0.25, -0.2) is 12.8 Å². The molecule has 0 amide bonds. The fourth-order valence-electron chi connectivity index (χ4n) is 5.39. The molecule has 42 heavy (non-hydrogen) atoms. The van der Waals surface area contributed by atoms with E-state index in [0.29, 0.717) is 6.07 Å². The van der Waals surface area contributed by atoms with Crippen LogP contribution in [0, 0.1) is 17.2 Å². The summed E-state index contributed by atoms with van der Waals surface area (Å²) in [6.45, 7) is -1.85. The molecule has 1 heterocycles. The average molecular weight is 616 g/mol. The predicted molar refractivity (Wildman–Crippen MR) is 137 cm³/mol. The molecule has 0 saturated heterocycles. The molecule has 1 atom stereocenters. The van der Waals surface area contributed by atoms with Crippen molar-refractivity contribution in [2.45, 2.75) is 43.6 Å². The number of sulfonamides is 1. The quantitative estimate of drug-likeness (QED) is 0.303. The Balaban J connectivity index is 1.60. The molecular formula is C28H23F6NO6S. The van der Waals surface area contributed by atoms with Gasteiger partial charge in [-0.1, -0.05) is 19.1 Å². The van der Waals surface area contributed by atoms with Crippen molar-refractivity contribution in [1.82, 2.24) is 0 Å². The Morgan fingerprint density at radius 2 is 1.79 bits per heavy atom. The highest BCUT2D eigenvalue weighted by molar-refractivity contribution is 7.92. The van der Waals surface area contributed by atoms with Gasteiger partial charge in [-0.15, -0.1) is 0 Å². The molecular weight excluding hydrogens is 592 g/mol. The molecule has 224 valence electrons. The van der Waals surface area contributed by atoms with E-state index in [2.05, 4.69) is 4.74 Å². The van der Waals surface area contributed by atoms with Gasteiger partial charge in [0.15, 0.2) is 0 Å². The van der Waals surface area contributed by atoms with E-state index in [4.69, 9.17) is 4.74 Å². The zero-order valence-corrected chi connectivity index (χ0v) is 22.6. The van der Waals surface area contributed by atoms with E-state index in [1.54, 1.807) is 6.92 Å². The summed E-state index contributed by atoms with van der Waals surface area (Å²) in [5.74, 6) is -3.02. The summed E-state index contributed by atoms with van der Waals surface area (Å²) in [6.07, 6.45) is -5.29. The maximum atomic E-state index is 14.3. The second-order valence-corrected chi connectivity index (χ2v) is 12.4. The van der Waals surface area contributed by atoms with Crippen LogP contribution in [0.2, 0.25) is 0 Å². The fraction of sp³-hybridized carbons (Fsp3) is 0.321. The lowest BCUT2D eigenvalue weighted by Crippen LogP contribution is -2.56. The summed E-state index contributed by atoms with van der Waals surface area (Å²) in [6, 6.07) is 10.2. The van der Waals surface area contributed by atoms with E-state index in [1.807, 2.05) is 0 Å². The second-order valence-electron chi connectivity index (χ2n) is 10.5. The molecule has 14 heteroatoms. The topological polar surface area (TPSA) is 93.1 Å². The van der Waals surface area contributed by atoms with Gasteiger partial charge in [-0.3, -0.25) is 9.10 Å². The van der Waals surface area contributed by atoms with Gasteiger partial charge in [-0.05, 0) is 66.4 Å². The minimum Gasteiger partial charge on any atom is -0.486 e. The first kappa shape index (κ1) is 29.5. The van der Waals surface area contributed by atoms with Crippen LogP contribution in [0.15, 0.2) is 65.6 Å². The van der Waals surface area contributed by atoms with Crippen molar-refractivity contribution in [3.8, 4) is 22.6 Å². The fourth-order valence-corrected chi connectivity index (χ4v) is 6.90. The van der Waals surface area contributed by atoms with Crippen LogP contribution in [0.5, 0.6) is 11.5 Å². The zero-order chi connectivity index (χ0) is 30.6. The number of carboxylic acids is 1. The smallest absolute Gasteiger partial charge is 0.416 e. The molecule has 3 aromatic carbocycles.